The van der Waals surface area contributed by atoms with Crippen molar-refractivity contribution in [2.75, 3.05) is 27.1 Å². The van der Waals surface area contributed by atoms with E-state index in [1.807, 2.05) is 44.2 Å². The van der Waals surface area contributed by atoms with E-state index in [-0.39, 0.29) is 5.97 Å². The molecule has 2 rings (SSSR count). The number of esters is 1. The van der Waals surface area contributed by atoms with Crippen LogP contribution in [0.25, 0.3) is 6.08 Å². The van der Waals surface area contributed by atoms with Crippen LogP contribution in [0.2, 0.25) is 19.6 Å². The fourth-order valence-electron chi connectivity index (χ4n) is 2.64. The van der Waals surface area contributed by atoms with E-state index in [0.29, 0.717) is 0 Å². The molecular weight excluding hydrogens is 390 g/mol. The Hall–Kier alpha value is -2.21. The number of carbonyl (C=O) groups excluding carboxylic acids is 1. The summed E-state index contributed by atoms with van der Waals surface area (Å²) >= 11 is 0. The molecule has 2 aromatic carbocycles. The van der Waals surface area contributed by atoms with E-state index >= 15 is 0 Å². The Morgan fingerprint density at radius 3 is 1.93 bits per heavy atom. The number of carbonyl (C=O) groups is 1. The van der Waals surface area contributed by atoms with Gasteiger partial charge in [-0.25, -0.2) is 4.79 Å². The summed E-state index contributed by atoms with van der Waals surface area (Å²) in [5, 5.41) is 0. The highest BCUT2D eigenvalue weighted by molar-refractivity contribution is 6.76. The number of benzene rings is 2. The van der Waals surface area contributed by atoms with E-state index in [1.165, 1.54) is 24.9 Å². The van der Waals surface area contributed by atoms with Crippen LogP contribution in [0.5, 0.6) is 0 Å². The number of hydrogen-bond donors (Lipinski definition) is 0. The normalized spacial score (nSPS) is 10.7. The van der Waals surface area contributed by atoms with E-state index in [1.54, 1.807) is 13.2 Å². The summed E-state index contributed by atoms with van der Waals surface area (Å²) in [6.07, 6.45) is 4.29. The van der Waals surface area contributed by atoms with Gasteiger partial charge in [0, 0.05) is 19.7 Å². The molecule has 4 nitrogen and oxygen atoms in total. The SMILES string of the molecule is CC.COC(=O)/C=C/c1ccccc1.COCN(Cc1ccccc1)C[Si](C)(C)C. The van der Waals surface area contributed by atoms with Gasteiger partial charge in [-0.3, -0.25) is 4.90 Å². The van der Waals surface area contributed by atoms with E-state index in [9.17, 15) is 4.79 Å². The Labute approximate surface area is 184 Å². The second-order valence-corrected chi connectivity index (χ2v) is 13.2. The van der Waals surface area contributed by atoms with Gasteiger partial charge in [-0.1, -0.05) is 94.2 Å². The zero-order valence-corrected chi connectivity index (χ0v) is 20.7. The molecule has 5 heteroatoms. The van der Waals surface area contributed by atoms with Crippen LogP contribution in [0, 0.1) is 0 Å². The average molecular weight is 430 g/mol. The van der Waals surface area contributed by atoms with Crippen LogP contribution in [0.1, 0.15) is 25.0 Å². The number of rotatable bonds is 8. The highest BCUT2D eigenvalue weighted by atomic mass is 28.3. The van der Waals surface area contributed by atoms with Crippen LogP contribution in [0.4, 0.5) is 0 Å². The molecule has 0 aromatic heterocycles. The van der Waals surface area contributed by atoms with E-state index < -0.39 is 8.07 Å². The maximum Gasteiger partial charge on any atom is 0.330 e. The largest absolute Gasteiger partial charge is 0.466 e. The molecule has 2 aromatic rings. The molecule has 0 unspecified atom stereocenters. The Morgan fingerprint density at radius 1 is 0.933 bits per heavy atom. The summed E-state index contributed by atoms with van der Waals surface area (Å²) < 4.78 is 9.72. The van der Waals surface area contributed by atoms with Gasteiger partial charge < -0.3 is 9.47 Å². The van der Waals surface area contributed by atoms with Crippen molar-refractivity contribution in [2.24, 2.45) is 0 Å². The molecule has 166 valence electrons. The smallest absolute Gasteiger partial charge is 0.330 e. The lowest BCUT2D eigenvalue weighted by atomic mass is 10.2. The molecule has 0 atom stereocenters. The molecule has 0 spiro atoms. The van der Waals surface area contributed by atoms with Crippen LogP contribution >= 0.6 is 0 Å². The first-order valence-corrected chi connectivity index (χ1v) is 14.1. The van der Waals surface area contributed by atoms with Crippen molar-refractivity contribution in [3.8, 4) is 0 Å². The van der Waals surface area contributed by atoms with Crippen molar-refractivity contribution >= 4 is 20.1 Å². The van der Waals surface area contributed by atoms with Crippen molar-refractivity contribution in [3.63, 3.8) is 0 Å². The molecular formula is C25H39NO3Si. The lowest BCUT2D eigenvalue weighted by Gasteiger charge is -2.28. The van der Waals surface area contributed by atoms with Gasteiger partial charge in [0.2, 0.25) is 0 Å². The molecule has 0 N–H and O–H groups in total. The van der Waals surface area contributed by atoms with Crippen molar-refractivity contribution in [3.05, 3.63) is 77.9 Å². The van der Waals surface area contributed by atoms with Crippen molar-refractivity contribution < 1.29 is 14.3 Å². The molecule has 0 fully saturated rings. The van der Waals surface area contributed by atoms with Gasteiger partial charge >= 0.3 is 5.97 Å². The first-order chi connectivity index (χ1) is 14.3. The van der Waals surface area contributed by atoms with Crippen molar-refractivity contribution in [1.82, 2.24) is 4.90 Å². The summed E-state index contributed by atoms with van der Waals surface area (Å²) in [4.78, 5) is 13.1. The van der Waals surface area contributed by atoms with E-state index in [0.717, 1.165) is 18.8 Å². The Bertz CT molecular complexity index is 697. The third kappa shape index (κ3) is 14.7. The summed E-state index contributed by atoms with van der Waals surface area (Å²) in [7, 11) is 2.06. The molecule has 0 aliphatic rings. The molecule has 0 bridgehead atoms. The standard InChI is InChI=1S/C13H23NOSi.C10H10O2.C2H6/c1-15-11-14(12-16(2,3)4)10-13-8-6-5-7-9-13;1-12-10(11)8-7-9-5-3-2-4-6-9;1-2/h5-9H,10-12H2,1-4H3;2-8H,1H3;1-2H3/b;8-7+;. The van der Waals surface area contributed by atoms with Crippen LogP contribution in [0.15, 0.2) is 66.7 Å². The van der Waals surface area contributed by atoms with Crippen LogP contribution < -0.4 is 0 Å². The van der Waals surface area contributed by atoms with Gasteiger partial charge in [0.15, 0.2) is 0 Å². The fraction of sp³-hybridized carbons (Fsp3) is 0.400. The first-order valence-electron chi connectivity index (χ1n) is 10.4. The molecule has 30 heavy (non-hydrogen) atoms. The Balaban J connectivity index is 0.000000535. The first kappa shape index (κ1) is 27.8. The van der Waals surface area contributed by atoms with Crippen LogP contribution in [-0.2, 0) is 20.8 Å². The quantitative estimate of drug-likeness (QED) is 0.228. The second kappa shape index (κ2) is 16.6. The topological polar surface area (TPSA) is 38.8 Å². The fourth-order valence-corrected chi connectivity index (χ4v) is 4.18. The predicted octanol–water partition coefficient (Wildman–Crippen LogP) is 5.87. The highest BCUT2D eigenvalue weighted by Gasteiger charge is 2.18. The zero-order chi connectivity index (χ0) is 22.8. The summed E-state index contributed by atoms with van der Waals surface area (Å²) in [5.74, 6) is -0.334. The number of methoxy groups -OCH3 is 2. The third-order valence-electron chi connectivity index (χ3n) is 3.67. The number of nitrogens with zero attached hydrogens (tertiary/aromatic N) is 1. The van der Waals surface area contributed by atoms with E-state index in [4.69, 9.17) is 4.74 Å². The monoisotopic (exact) mass is 429 g/mol. The minimum absolute atomic E-state index is 0.334. The van der Waals surface area contributed by atoms with Crippen LogP contribution in [0.3, 0.4) is 0 Å². The van der Waals surface area contributed by atoms with Crippen LogP contribution in [-0.4, -0.2) is 46.1 Å². The van der Waals surface area contributed by atoms with Gasteiger partial charge in [0.05, 0.1) is 21.9 Å². The molecule has 0 amide bonds. The summed E-state index contributed by atoms with van der Waals surface area (Å²) in [6, 6.07) is 20.2. The molecule has 0 aliphatic heterocycles. The minimum atomic E-state index is -1.07. The molecule has 0 aliphatic carbocycles. The molecule has 0 heterocycles. The predicted molar refractivity (Wildman–Crippen MR) is 131 cm³/mol. The minimum Gasteiger partial charge on any atom is -0.466 e. The Kier molecular flexibility index (Phi) is 15.3. The number of hydrogen-bond acceptors (Lipinski definition) is 4. The van der Waals surface area contributed by atoms with Gasteiger partial charge in [-0.15, -0.1) is 0 Å². The van der Waals surface area contributed by atoms with Gasteiger partial charge in [0.25, 0.3) is 0 Å². The molecule has 0 radical (unpaired) electrons. The van der Waals surface area contributed by atoms with E-state index in [2.05, 4.69) is 59.6 Å². The molecule has 0 saturated heterocycles. The second-order valence-electron chi connectivity index (χ2n) is 7.72. The summed E-state index contributed by atoms with van der Waals surface area (Å²) in [5.41, 5.74) is 2.35. The highest BCUT2D eigenvalue weighted by Crippen LogP contribution is 2.09. The maximum atomic E-state index is 10.7. The molecule has 0 saturated carbocycles. The van der Waals surface area contributed by atoms with Crippen molar-refractivity contribution in [1.29, 1.82) is 0 Å². The average Bonchev–Trinajstić information content (AvgIpc) is 2.74. The zero-order valence-electron chi connectivity index (χ0n) is 19.7. The van der Waals surface area contributed by atoms with Gasteiger partial charge in [-0.05, 0) is 23.4 Å². The lowest BCUT2D eigenvalue weighted by molar-refractivity contribution is -0.134. The van der Waals surface area contributed by atoms with Gasteiger partial charge in [-0.2, -0.15) is 0 Å². The maximum absolute atomic E-state index is 10.7. The van der Waals surface area contributed by atoms with Crippen molar-refractivity contribution in [2.45, 2.75) is 40.0 Å². The third-order valence-corrected chi connectivity index (χ3v) is 5.07. The van der Waals surface area contributed by atoms with Gasteiger partial charge in [0.1, 0.15) is 0 Å². The number of ether oxygens (including phenoxy) is 2. The summed E-state index contributed by atoms with van der Waals surface area (Å²) in [6.45, 7) is 12.9. The lowest BCUT2D eigenvalue weighted by Crippen LogP contribution is -2.40. The Morgan fingerprint density at radius 2 is 1.47 bits per heavy atom.